The first-order valence-electron chi connectivity index (χ1n) is 9.72. The van der Waals surface area contributed by atoms with Gasteiger partial charge in [-0.1, -0.05) is 13.0 Å². The van der Waals surface area contributed by atoms with Gasteiger partial charge in [0.2, 0.25) is 11.8 Å². The lowest BCUT2D eigenvalue weighted by atomic mass is 10.2. The summed E-state index contributed by atoms with van der Waals surface area (Å²) in [5.41, 5.74) is 2.55. The number of amides is 3. The Bertz CT molecular complexity index is 847. The number of anilines is 3. The molecule has 3 amide bonds. The summed E-state index contributed by atoms with van der Waals surface area (Å²) in [5.74, 6) is -0.401. The summed E-state index contributed by atoms with van der Waals surface area (Å²) in [5, 5.41) is 11.4. The normalized spacial score (nSPS) is 10.3. The monoisotopic (exact) mass is 396 g/mol. The molecule has 0 unspecified atom stereocenters. The van der Waals surface area contributed by atoms with Gasteiger partial charge in [0.1, 0.15) is 0 Å². The average Bonchev–Trinajstić information content (AvgIpc) is 2.66. The summed E-state index contributed by atoms with van der Waals surface area (Å²) in [6.45, 7) is 5.82. The molecule has 7 nitrogen and oxygen atoms in total. The number of nitrogens with one attached hydrogen (secondary N) is 4. The van der Waals surface area contributed by atoms with E-state index in [1.165, 1.54) is 0 Å². The summed E-state index contributed by atoms with van der Waals surface area (Å²) in [7, 11) is 0. The van der Waals surface area contributed by atoms with Gasteiger partial charge in [0.25, 0.3) is 5.91 Å². The van der Waals surface area contributed by atoms with E-state index in [1.54, 1.807) is 48.5 Å². The molecule has 0 aromatic heterocycles. The zero-order valence-electron chi connectivity index (χ0n) is 17.0. The van der Waals surface area contributed by atoms with Crippen LogP contribution in [0, 0.1) is 0 Å². The van der Waals surface area contributed by atoms with Crippen LogP contribution in [0.5, 0.6) is 0 Å². The SMILES string of the molecule is CCCC(=O)Nc1cccc(NC(=O)CNc2ccc(C(=O)NC(C)C)cc2)c1. The van der Waals surface area contributed by atoms with Gasteiger partial charge < -0.3 is 21.3 Å². The second-order valence-corrected chi connectivity index (χ2v) is 6.99. The molecule has 2 aromatic rings. The zero-order chi connectivity index (χ0) is 21.2. The predicted molar refractivity (Wildman–Crippen MR) is 116 cm³/mol. The molecule has 0 saturated carbocycles. The Kier molecular flexibility index (Phi) is 8.21. The maximum atomic E-state index is 12.2. The lowest BCUT2D eigenvalue weighted by Crippen LogP contribution is -2.30. The van der Waals surface area contributed by atoms with Crippen molar-refractivity contribution in [1.29, 1.82) is 0 Å². The number of hydrogen-bond acceptors (Lipinski definition) is 4. The molecule has 0 heterocycles. The summed E-state index contributed by atoms with van der Waals surface area (Å²) in [6, 6.07) is 14.0. The third kappa shape index (κ3) is 7.65. The minimum Gasteiger partial charge on any atom is -0.376 e. The Balaban J connectivity index is 1.85. The van der Waals surface area contributed by atoms with Crippen molar-refractivity contribution >= 4 is 34.8 Å². The fraction of sp³-hybridized carbons (Fsp3) is 0.318. The molecular weight excluding hydrogens is 368 g/mol. The van der Waals surface area contributed by atoms with Crippen LogP contribution in [0.4, 0.5) is 17.1 Å². The molecule has 0 aliphatic carbocycles. The standard InChI is InChI=1S/C22H28N4O3/c1-4-6-20(27)25-18-7-5-8-19(13-18)26-21(28)14-23-17-11-9-16(10-12-17)22(29)24-15(2)3/h5,7-13,15,23H,4,6,14H2,1-3H3,(H,24,29)(H,25,27)(H,26,28). The molecule has 0 spiro atoms. The number of carbonyl (C=O) groups excluding carboxylic acids is 3. The predicted octanol–water partition coefficient (Wildman–Crippen LogP) is 3.61. The molecule has 0 bridgehead atoms. The van der Waals surface area contributed by atoms with Crippen LogP contribution in [0.1, 0.15) is 44.0 Å². The van der Waals surface area contributed by atoms with Crippen LogP contribution in [-0.4, -0.2) is 30.3 Å². The van der Waals surface area contributed by atoms with E-state index in [9.17, 15) is 14.4 Å². The van der Waals surface area contributed by atoms with E-state index in [4.69, 9.17) is 0 Å². The molecule has 0 radical (unpaired) electrons. The van der Waals surface area contributed by atoms with E-state index in [-0.39, 0.29) is 30.3 Å². The van der Waals surface area contributed by atoms with Crippen molar-refractivity contribution in [2.75, 3.05) is 22.5 Å². The molecule has 2 rings (SSSR count). The number of hydrogen-bond donors (Lipinski definition) is 4. The number of benzene rings is 2. The Hall–Kier alpha value is -3.35. The molecule has 154 valence electrons. The molecule has 0 atom stereocenters. The quantitative estimate of drug-likeness (QED) is 0.520. The van der Waals surface area contributed by atoms with E-state index in [0.717, 1.165) is 12.1 Å². The second kappa shape index (κ2) is 10.8. The fourth-order valence-electron chi connectivity index (χ4n) is 2.60. The molecule has 2 aromatic carbocycles. The van der Waals surface area contributed by atoms with Gasteiger partial charge in [0.05, 0.1) is 6.54 Å². The van der Waals surface area contributed by atoms with Crippen LogP contribution in [0.3, 0.4) is 0 Å². The first-order chi connectivity index (χ1) is 13.9. The molecule has 4 N–H and O–H groups in total. The highest BCUT2D eigenvalue weighted by Crippen LogP contribution is 2.16. The van der Waals surface area contributed by atoms with Gasteiger partial charge >= 0.3 is 0 Å². The van der Waals surface area contributed by atoms with Crippen molar-refractivity contribution in [2.24, 2.45) is 0 Å². The molecule has 0 aliphatic rings. The third-order valence-electron chi connectivity index (χ3n) is 3.93. The van der Waals surface area contributed by atoms with Gasteiger partial charge in [-0.2, -0.15) is 0 Å². The lowest BCUT2D eigenvalue weighted by molar-refractivity contribution is -0.116. The molecule has 29 heavy (non-hydrogen) atoms. The highest BCUT2D eigenvalue weighted by molar-refractivity contribution is 5.96. The molecule has 0 aliphatic heterocycles. The van der Waals surface area contributed by atoms with Crippen LogP contribution >= 0.6 is 0 Å². The highest BCUT2D eigenvalue weighted by Gasteiger charge is 2.08. The Morgan fingerprint density at radius 3 is 2.07 bits per heavy atom. The Morgan fingerprint density at radius 2 is 1.48 bits per heavy atom. The Morgan fingerprint density at radius 1 is 0.862 bits per heavy atom. The summed E-state index contributed by atoms with van der Waals surface area (Å²) >= 11 is 0. The zero-order valence-corrected chi connectivity index (χ0v) is 17.0. The minimum absolute atomic E-state index is 0.0526. The van der Waals surface area contributed by atoms with E-state index in [0.29, 0.717) is 23.4 Å². The topological polar surface area (TPSA) is 99.3 Å². The number of carbonyl (C=O) groups is 3. The van der Waals surface area contributed by atoms with Crippen LogP contribution in [0.2, 0.25) is 0 Å². The molecular formula is C22H28N4O3. The van der Waals surface area contributed by atoms with Crippen LogP contribution in [0.25, 0.3) is 0 Å². The van der Waals surface area contributed by atoms with Crippen molar-refractivity contribution in [3.05, 3.63) is 54.1 Å². The van der Waals surface area contributed by atoms with E-state index < -0.39 is 0 Å². The van der Waals surface area contributed by atoms with Gasteiger partial charge in [-0.05, 0) is 62.7 Å². The van der Waals surface area contributed by atoms with Crippen LogP contribution < -0.4 is 21.3 Å². The van der Waals surface area contributed by atoms with Crippen LogP contribution in [0.15, 0.2) is 48.5 Å². The lowest BCUT2D eigenvalue weighted by Gasteiger charge is -2.11. The van der Waals surface area contributed by atoms with E-state index >= 15 is 0 Å². The van der Waals surface area contributed by atoms with Crippen LogP contribution in [-0.2, 0) is 9.59 Å². The van der Waals surface area contributed by atoms with Crippen molar-refractivity contribution in [2.45, 2.75) is 39.7 Å². The third-order valence-corrected chi connectivity index (χ3v) is 3.93. The van der Waals surface area contributed by atoms with E-state index in [1.807, 2.05) is 20.8 Å². The van der Waals surface area contributed by atoms with Crippen molar-refractivity contribution in [1.82, 2.24) is 5.32 Å². The molecule has 0 fully saturated rings. The van der Waals surface area contributed by atoms with Crippen molar-refractivity contribution < 1.29 is 14.4 Å². The largest absolute Gasteiger partial charge is 0.376 e. The van der Waals surface area contributed by atoms with Gasteiger partial charge in [0.15, 0.2) is 0 Å². The van der Waals surface area contributed by atoms with Gasteiger partial charge in [0, 0.05) is 35.1 Å². The molecule has 7 heteroatoms. The minimum atomic E-state index is -0.219. The maximum Gasteiger partial charge on any atom is 0.251 e. The van der Waals surface area contributed by atoms with E-state index in [2.05, 4.69) is 21.3 Å². The first-order valence-corrected chi connectivity index (χ1v) is 9.72. The average molecular weight is 396 g/mol. The smallest absolute Gasteiger partial charge is 0.251 e. The van der Waals surface area contributed by atoms with Gasteiger partial charge in [-0.15, -0.1) is 0 Å². The maximum absolute atomic E-state index is 12.2. The highest BCUT2D eigenvalue weighted by atomic mass is 16.2. The van der Waals surface area contributed by atoms with Crippen molar-refractivity contribution in [3.8, 4) is 0 Å². The molecule has 0 saturated heterocycles. The number of rotatable bonds is 9. The summed E-state index contributed by atoms with van der Waals surface area (Å²) in [6.07, 6.45) is 1.23. The van der Waals surface area contributed by atoms with Crippen molar-refractivity contribution in [3.63, 3.8) is 0 Å². The second-order valence-electron chi connectivity index (χ2n) is 6.99. The van der Waals surface area contributed by atoms with Gasteiger partial charge in [-0.25, -0.2) is 0 Å². The summed E-state index contributed by atoms with van der Waals surface area (Å²) < 4.78 is 0. The fourth-order valence-corrected chi connectivity index (χ4v) is 2.60. The van der Waals surface area contributed by atoms with Gasteiger partial charge in [-0.3, -0.25) is 14.4 Å². The first kappa shape index (κ1) is 21.9. The Labute approximate surface area is 171 Å². The summed E-state index contributed by atoms with van der Waals surface area (Å²) in [4.78, 5) is 35.8.